The summed E-state index contributed by atoms with van der Waals surface area (Å²) in [6, 6.07) is 0. The molecule has 1 saturated heterocycles. The summed E-state index contributed by atoms with van der Waals surface area (Å²) in [4.78, 5) is 8.47. The van der Waals surface area contributed by atoms with Crippen LogP contribution in [0.4, 0.5) is 26.3 Å². The van der Waals surface area contributed by atoms with Crippen LogP contribution in [0, 0.1) is 0 Å². The lowest BCUT2D eigenvalue weighted by Crippen LogP contribution is -2.53. The van der Waals surface area contributed by atoms with Crippen LogP contribution in [0.3, 0.4) is 0 Å². The van der Waals surface area contributed by atoms with Crippen LogP contribution in [0.1, 0.15) is 0 Å². The first-order valence-corrected chi connectivity index (χ1v) is 3.23. The number of amides is 1. The van der Waals surface area contributed by atoms with E-state index >= 15 is 0 Å². The SMILES string of the molecule is O=C(C1CO1)N(C(F)(F)F)C(F)(F)F. The maximum absolute atomic E-state index is 11.8. The Balaban J connectivity index is 2.87. The van der Waals surface area contributed by atoms with Gasteiger partial charge in [0.15, 0.2) is 6.10 Å². The second kappa shape index (κ2) is 3.01. The number of hydrogen-bond donors (Lipinski definition) is 0. The molecule has 9 heteroatoms. The minimum atomic E-state index is -5.78. The first-order chi connectivity index (χ1) is 6.14. The Morgan fingerprint density at radius 3 is 1.71 bits per heavy atom. The number of halogens is 6. The second-order valence-corrected chi connectivity index (χ2v) is 2.43. The standard InChI is InChI=1S/C5H3F6NO2/c6-4(7,8)12(5(9,10)11)3(13)2-1-14-2/h2H,1H2. The van der Waals surface area contributed by atoms with Crippen molar-refractivity contribution in [3.05, 3.63) is 0 Å². The summed E-state index contributed by atoms with van der Waals surface area (Å²) >= 11 is 0. The van der Waals surface area contributed by atoms with E-state index in [0.29, 0.717) is 0 Å². The van der Waals surface area contributed by atoms with Crippen molar-refractivity contribution in [2.75, 3.05) is 6.61 Å². The van der Waals surface area contributed by atoms with Crippen molar-refractivity contribution in [1.29, 1.82) is 0 Å². The molecule has 1 unspecified atom stereocenters. The van der Waals surface area contributed by atoms with E-state index in [-0.39, 0.29) is 0 Å². The van der Waals surface area contributed by atoms with Crippen LogP contribution in [0.25, 0.3) is 0 Å². The fraction of sp³-hybridized carbons (Fsp3) is 0.800. The molecule has 1 atom stereocenters. The molecule has 0 spiro atoms. The van der Waals surface area contributed by atoms with Crippen LogP contribution in [-0.2, 0) is 9.53 Å². The predicted molar refractivity (Wildman–Crippen MR) is 28.7 cm³/mol. The number of hydrogen-bond acceptors (Lipinski definition) is 2. The van der Waals surface area contributed by atoms with Crippen molar-refractivity contribution in [2.24, 2.45) is 0 Å². The summed E-state index contributed by atoms with van der Waals surface area (Å²) in [7, 11) is 0. The Bertz CT molecular complexity index is 228. The van der Waals surface area contributed by atoms with E-state index in [4.69, 9.17) is 0 Å². The maximum Gasteiger partial charge on any atom is 0.494 e. The van der Waals surface area contributed by atoms with Gasteiger partial charge in [-0.3, -0.25) is 4.79 Å². The van der Waals surface area contributed by atoms with Gasteiger partial charge in [-0.25, -0.2) is 0 Å². The number of epoxide rings is 1. The summed E-state index contributed by atoms with van der Waals surface area (Å²) in [6.45, 7) is -0.415. The number of ether oxygens (including phenoxy) is 1. The summed E-state index contributed by atoms with van der Waals surface area (Å²) < 4.78 is 74.8. The van der Waals surface area contributed by atoms with Crippen molar-refractivity contribution in [3.63, 3.8) is 0 Å². The average Bonchev–Trinajstić information content (AvgIpc) is 2.57. The van der Waals surface area contributed by atoms with E-state index in [1.165, 1.54) is 0 Å². The van der Waals surface area contributed by atoms with E-state index < -0.39 is 36.1 Å². The Hall–Kier alpha value is -0.990. The lowest BCUT2D eigenvalue weighted by atomic mass is 10.4. The minimum absolute atomic E-state index is 0.415. The Labute approximate surface area is 73.2 Å². The monoisotopic (exact) mass is 223 g/mol. The topological polar surface area (TPSA) is 32.8 Å². The van der Waals surface area contributed by atoms with Gasteiger partial charge in [0.25, 0.3) is 5.91 Å². The van der Waals surface area contributed by atoms with Gasteiger partial charge in [0, 0.05) is 0 Å². The van der Waals surface area contributed by atoms with Crippen LogP contribution < -0.4 is 0 Å². The number of alkyl halides is 6. The Morgan fingerprint density at radius 2 is 1.50 bits per heavy atom. The molecular formula is C5H3F6NO2. The molecule has 82 valence electrons. The number of nitrogens with zero attached hydrogens (tertiary/aromatic N) is 1. The number of carbonyl (C=O) groups is 1. The van der Waals surface area contributed by atoms with Crippen LogP contribution >= 0.6 is 0 Å². The van der Waals surface area contributed by atoms with Gasteiger partial charge in [0.2, 0.25) is 0 Å². The molecule has 1 rings (SSSR count). The van der Waals surface area contributed by atoms with Crippen LogP contribution in [0.5, 0.6) is 0 Å². The maximum atomic E-state index is 11.8. The highest BCUT2D eigenvalue weighted by molar-refractivity contribution is 5.83. The van der Waals surface area contributed by atoms with Crippen molar-refractivity contribution in [3.8, 4) is 0 Å². The highest BCUT2D eigenvalue weighted by Crippen LogP contribution is 2.35. The normalized spacial score (nSPS) is 22.0. The molecule has 0 aromatic carbocycles. The molecule has 3 nitrogen and oxygen atoms in total. The zero-order valence-corrected chi connectivity index (χ0v) is 6.32. The van der Waals surface area contributed by atoms with Crippen molar-refractivity contribution in [1.82, 2.24) is 4.90 Å². The molecule has 0 aliphatic carbocycles. The molecule has 14 heavy (non-hydrogen) atoms. The highest BCUT2D eigenvalue weighted by Gasteiger charge is 2.59. The minimum Gasteiger partial charge on any atom is -0.363 e. The first kappa shape index (κ1) is 11.1. The first-order valence-electron chi connectivity index (χ1n) is 3.23. The molecular weight excluding hydrogens is 220 g/mol. The quantitative estimate of drug-likeness (QED) is 0.380. The molecule has 0 radical (unpaired) electrons. The van der Waals surface area contributed by atoms with E-state index in [0.717, 1.165) is 0 Å². The molecule has 1 aliphatic rings. The lowest BCUT2D eigenvalue weighted by Gasteiger charge is -2.25. The summed E-state index contributed by atoms with van der Waals surface area (Å²) in [5.74, 6) is -2.13. The second-order valence-electron chi connectivity index (χ2n) is 2.43. The summed E-state index contributed by atoms with van der Waals surface area (Å²) in [5, 5.41) is 0. The number of rotatable bonds is 1. The Kier molecular flexibility index (Phi) is 2.38. The van der Waals surface area contributed by atoms with Crippen molar-refractivity contribution in [2.45, 2.75) is 18.7 Å². The highest BCUT2D eigenvalue weighted by atomic mass is 19.4. The summed E-state index contributed by atoms with van der Waals surface area (Å²) in [6.07, 6.45) is -13.2. The van der Waals surface area contributed by atoms with Gasteiger partial charge in [-0.15, -0.1) is 26.3 Å². The third kappa shape index (κ3) is 2.28. The Morgan fingerprint density at radius 1 is 1.14 bits per heavy atom. The molecule has 0 bridgehead atoms. The molecule has 0 aromatic heterocycles. The van der Waals surface area contributed by atoms with Crippen LogP contribution in [0.15, 0.2) is 0 Å². The predicted octanol–water partition coefficient (Wildman–Crippen LogP) is 1.25. The molecule has 0 aromatic rings. The number of carbonyl (C=O) groups excluding carboxylic acids is 1. The van der Waals surface area contributed by atoms with Crippen molar-refractivity contribution >= 4 is 5.91 Å². The van der Waals surface area contributed by atoms with Crippen molar-refractivity contribution < 1.29 is 35.9 Å². The van der Waals surface area contributed by atoms with Gasteiger partial charge in [-0.1, -0.05) is 0 Å². The lowest BCUT2D eigenvalue weighted by molar-refractivity contribution is -0.356. The average molecular weight is 223 g/mol. The van der Waals surface area contributed by atoms with E-state index in [1.807, 2.05) is 0 Å². The molecule has 1 heterocycles. The molecule has 1 aliphatic heterocycles. The largest absolute Gasteiger partial charge is 0.494 e. The zero-order valence-electron chi connectivity index (χ0n) is 6.32. The van der Waals surface area contributed by atoms with Gasteiger partial charge < -0.3 is 4.74 Å². The summed E-state index contributed by atoms with van der Waals surface area (Å²) in [5.41, 5.74) is 0. The fourth-order valence-electron chi connectivity index (χ4n) is 0.728. The molecule has 1 amide bonds. The van der Waals surface area contributed by atoms with Crippen LogP contribution in [0.2, 0.25) is 0 Å². The van der Waals surface area contributed by atoms with Crippen LogP contribution in [-0.4, -0.2) is 36.1 Å². The van der Waals surface area contributed by atoms with E-state index in [9.17, 15) is 31.1 Å². The molecule has 0 N–H and O–H groups in total. The zero-order chi connectivity index (χ0) is 11.1. The smallest absolute Gasteiger partial charge is 0.363 e. The van der Waals surface area contributed by atoms with Gasteiger partial charge in [-0.2, -0.15) is 4.90 Å². The van der Waals surface area contributed by atoms with Gasteiger partial charge >= 0.3 is 12.6 Å². The third-order valence-electron chi connectivity index (χ3n) is 1.34. The van der Waals surface area contributed by atoms with Gasteiger partial charge in [0.1, 0.15) is 0 Å². The van der Waals surface area contributed by atoms with Gasteiger partial charge in [0.05, 0.1) is 6.61 Å². The molecule has 1 fully saturated rings. The van der Waals surface area contributed by atoms with Gasteiger partial charge in [-0.05, 0) is 0 Å². The molecule has 0 saturated carbocycles. The third-order valence-corrected chi connectivity index (χ3v) is 1.34. The fourth-order valence-corrected chi connectivity index (χ4v) is 0.728. The van der Waals surface area contributed by atoms with E-state index in [2.05, 4.69) is 4.74 Å². The van der Waals surface area contributed by atoms with E-state index in [1.54, 1.807) is 0 Å².